The molecule has 3 aromatic rings. The molecular formula is C34H44N4O3. The Bertz CT molecular complexity index is 1370. The lowest BCUT2D eigenvalue weighted by Gasteiger charge is -2.24. The highest BCUT2D eigenvalue weighted by Crippen LogP contribution is 2.36. The number of piperidine rings is 1. The number of pyridine rings is 1. The maximum absolute atomic E-state index is 13.6. The van der Waals surface area contributed by atoms with E-state index in [1.54, 1.807) is 7.11 Å². The Kier molecular flexibility index (Phi) is 8.95. The Balaban J connectivity index is 1.35. The van der Waals surface area contributed by atoms with Crippen LogP contribution in [0, 0.1) is 12.8 Å². The van der Waals surface area contributed by atoms with Crippen LogP contribution in [0.2, 0.25) is 0 Å². The van der Waals surface area contributed by atoms with E-state index in [0.717, 1.165) is 47.6 Å². The number of hydrogen-bond donors (Lipinski definition) is 3. The fourth-order valence-corrected chi connectivity index (χ4v) is 5.31. The van der Waals surface area contributed by atoms with Crippen LogP contribution in [0.25, 0.3) is 0 Å². The normalized spacial score (nSPS) is 15.9. The van der Waals surface area contributed by atoms with Gasteiger partial charge in [-0.25, -0.2) is 0 Å². The number of aromatic nitrogens is 1. The predicted molar refractivity (Wildman–Crippen MR) is 164 cm³/mol. The summed E-state index contributed by atoms with van der Waals surface area (Å²) < 4.78 is 12.1. The third-order valence-electron chi connectivity index (χ3n) is 8.07. The van der Waals surface area contributed by atoms with Gasteiger partial charge >= 0.3 is 0 Å². The Hall–Kier alpha value is -3.42. The second kappa shape index (κ2) is 12.6. The number of methoxy groups -OCH3 is 1. The van der Waals surface area contributed by atoms with Gasteiger partial charge in [0, 0.05) is 41.7 Å². The van der Waals surface area contributed by atoms with E-state index >= 15 is 0 Å². The van der Waals surface area contributed by atoms with Crippen LogP contribution in [0.15, 0.2) is 48.7 Å². The first-order chi connectivity index (χ1) is 19.7. The molecule has 2 aliphatic rings. The lowest BCUT2D eigenvalue weighted by molar-refractivity contribution is 0.102. The van der Waals surface area contributed by atoms with E-state index in [1.807, 2.05) is 49.5 Å². The molecule has 1 aromatic heterocycles. The first-order valence-electron chi connectivity index (χ1n) is 14.9. The van der Waals surface area contributed by atoms with E-state index in [4.69, 9.17) is 9.47 Å². The molecule has 3 N–H and O–H groups in total. The minimum atomic E-state index is -0.207. The zero-order valence-corrected chi connectivity index (χ0v) is 25.1. The summed E-state index contributed by atoms with van der Waals surface area (Å²) in [5.74, 6) is 2.52. The molecule has 7 nitrogen and oxygen atoms in total. The van der Waals surface area contributed by atoms with Crippen LogP contribution >= 0.6 is 0 Å². The highest BCUT2D eigenvalue weighted by Gasteiger charge is 2.24. The minimum Gasteiger partial charge on any atom is -0.494 e. The zero-order valence-electron chi connectivity index (χ0n) is 25.1. The molecule has 7 heteroatoms. The number of nitrogens with one attached hydrogen (secondary N) is 3. The van der Waals surface area contributed by atoms with Crippen molar-refractivity contribution in [1.29, 1.82) is 0 Å². The van der Waals surface area contributed by atoms with Crippen molar-refractivity contribution in [2.24, 2.45) is 5.92 Å². The van der Waals surface area contributed by atoms with E-state index in [1.165, 1.54) is 25.7 Å². The van der Waals surface area contributed by atoms with Crippen LogP contribution < -0.4 is 25.4 Å². The standard InChI is InChI=1S/C34H44N4O3/c1-22-6-7-24(18-31(22)41-29-12-15-36-28(20-29)16-23-10-13-35-14-11-23)33(39)38-30-19-26(34(2,3)4)17-25(32(30)40-5)21-37-27-8-9-27/h6-7,12,15,17-20,23,27,35,37H,8-11,13-14,16,21H2,1-5H3,(H,38,39). The van der Waals surface area contributed by atoms with Crippen molar-refractivity contribution in [3.8, 4) is 17.2 Å². The molecule has 5 rings (SSSR count). The van der Waals surface area contributed by atoms with Gasteiger partial charge in [-0.2, -0.15) is 0 Å². The maximum atomic E-state index is 13.6. The summed E-state index contributed by atoms with van der Waals surface area (Å²) in [4.78, 5) is 18.2. The molecule has 1 saturated heterocycles. The minimum absolute atomic E-state index is 0.0811. The molecule has 0 atom stereocenters. The van der Waals surface area contributed by atoms with Crippen LogP contribution in [0.3, 0.4) is 0 Å². The first-order valence-corrected chi connectivity index (χ1v) is 14.9. The monoisotopic (exact) mass is 556 g/mol. The van der Waals surface area contributed by atoms with Crippen LogP contribution in [-0.4, -0.2) is 37.1 Å². The lowest BCUT2D eigenvalue weighted by atomic mass is 9.85. The fraction of sp³-hybridized carbons (Fsp3) is 0.471. The summed E-state index contributed by atoms with van der Waals surface area (Å²) in [5.41, 5.74) is 5.31. The molecule has 1 aliphatic carbocycles. The van der Waals surface area contributed by atoms with E-state index in [0.29, 0.717) is 41.3 Å². The van der Waals surface area contributed by atoms with Crippen molar-refractivity contribution in [1.82, 2.24) is 15.6 Å². The number of rotatable bonds is 10. The second-order valence-corrected chi connectivity index (χ2v) is 12.5. The largest absolute Gasteiger partial charge is 0.494 e. The fourth-order valence-electron chi connectivity index (χ4n) is 5.31. The number of anilines is 1. The van der Waals surface area contributed by atoms with Crippen molar-refractivity contribution in [3.63, 3.8) is 0 Å². The number of carbonyl (C=O) groups excluding carboxylic acids is 1. The molecule has 218 valence electrons. The molecule has 0 radical (unpaired) electrons. The van der Waals surface area contributed by atoms with Gasteiger partial charge < -0.3 is 25.4 Å². The summed E-state index contributed by atoms with van der Waals surface area (Å²) in [5, 5.41) is 10.1. The Morgan fingerprint density at radius 3 is 2.54 bits per heavy atom. The van der Waals surface area contributed by atoms with Crippen molar-refractivity contribution in [2.75, 3.05) is 25.5 Å². The molecule has 2 aromatic carbocycles. The van der Waals surface area contributed by atoms with Crippen LogP contribution in [0.5, 0.6) is 17.2 Å². The van der Waals surface area contributed by atoms with Crippen molar-refractivity contribution in [3.05, 3.63) is 76.6 Å². The number of ether oxygens (including phenoxy) is 2. The summed E-state index contributed by atoms with van der Waals surface area (Å²) in [7, 11) is 1.66. The Morgan fingerprint density at radius 2 is 1.83 bits per heavy atom. The van der Waals surface area contributed by atoms with Crippen molar-refractivity contribution >= 4 is 11.6 Å². The molecular weight excluding hydrogens is 512 g/mol. The van der Waals surface area contributed by atoms with Gasteiger partial charge in [0.25, 0.3) is 5.91 Å². The molecule has 2 fully saturated rings. The summed E-state index contributed by atoms with van der Waals surface area (Å²) >= 11 is 0. The van der Waals surface area contributed by atoms with Gasteiger partial charge in [-0.1, -0.05) is 32.9 Å². The van der Waals surface area contributed by atoms with Crippen LogP contribution in [0.4, 0.5) is 5.69 Å². The molecule has 1 saturated carbocycles. The third-order valence-corrected chi connectivity index (χ3v) is 8.07. The Labute approximate surface area is 244 Å². The summed E-state index contributed by atoms with van der Waals surface area (Å²) in [6.07, 6.45) is 7.52. The number of aryl methyl sites for hydroxylation is 1. The maximum Gasteiger partial charge on any atom is 0.255 e. The van der Waals surface area contributed by atoms with Crippen LogP contribution in [0.1, 0.15) is 79.2 Å². The molecule has 1 aliphatic heterocycles. The zero-order chi connectivity index (χ0) is 29.0. The second-order valence-electron chi connectivity index (χ2n) is 12.5. The van der Waals surface area contributed by atoms with E-state index in [9.17, 15) is 4.79 Å². The quantitative estimate of drug-likeness (QED) is 0.263. The predicted octanol–water partition coefficient (Wildman–Crippen LogP) is 6.53. The van der Waals surface area contributed by atoms with Gasteiger partial charge in [-0.15, -0.1) is 0 Å². The molecule has 2 heterocycles. The number of nitrogens with zero attached hydrogens (tertiary/aromatic N) is 1. The van der Waals surface area contributed by atoms with Gasteiger partial charge in [-0.05, 0) is 98.8 Å². The highest BCUT2D eigenvalue weighted by molar-refractivity contribution is 6.05. The molecule has 41 heavy (non-hydrogen) atoms. The molecule has 0 unspecified atom stereocenters. The van der Waals surface area contributed by atoms with E-state index in [-0.39, 0.29) is 11.3 Å². The summed E-state index contributed by atoms with van der Waals surface area (Å²) in [6, 6.07) is 14.3. The molecule has 0 bridgehead atoms. The SMILES string of the molecule is COc1c(CNC2CC2)cc(C(C)(C)C)cc1NC(=O)c1ccc(C)c(Oc2ccnc(CC3CCNCC3)c2)c1. The van der Waals surface area contributed by atoms with Gasteiger partial charge in [0.05, 0.1) is 12.8 Å². The number of amides is 1. The van der Waals surface area contributed by atoms with E-state index in [2.05, 4.69) is 47.8 Å². The molecule has 1 amide bonds. The first kappa shape index (κ1) is 29.1. The van der Waals surface area contributed by atoms with Crippen molar-refractivity contribution < 1.29 is 14.3 Å². The average Bonchev–Trinajstić information content (AvgIpc) is 3.78. The number of benzene rings is 2. The average molecular weight is 557 g/mol. The van der Waals surface area contributed by atoms with Crippen molar-refractivity contribution in [2.45, 2.75) is 77.8 Å². The highest BCUT2D eigenvalue weighted by atomic mass is 16.5. The lowest BCUT2D eigenvalue weighted by Crippen LogP contribution is -2.28. The van der Waals surface area contributed by atoms with Gasteiger partial charge in [0.15, 0.2) is 0 Å². The van der Waals surface area contributed by atoms with Gasteiger partial charge in [-0.3, -0.25) is 9.78 Å². The van der Waals surface area contributed by atoms with Crippen LogP contribution in [-0.2, 0) is 18.4 Å². The summed E-state index contributed by atoms with van der Waals surface area (Å²) in [6.45, 7) is 11.4. The van der Waals surface area contributed by atoms with Gasteiger partial charge in [0.1, 0.15) is 17.2 Å². The van der Waals surface area contributed by atoms with E-state index < -0.39 is 0 Å². The topological polar surface area (TPSA) is 84.5 Å². The smallest absolute Gasteiger partial charge is 0.255 e. The van der Waals surface area contributed by atoms with Gasteiger partial charge in [0.2, 0.25) is 0 Å². The number of carbonyl (C=O) groups is 1. The third kappa shape index (κ3) is 7.66. The molecule has 0 spiro atoms. The number of hydrogen-bond acceptors (Lipinski definition) is 6. The Morgan fingerprint density at radius 1 is 1.05 bits per heavy atom.